The van der Waals surface area contributed by atoms with Crippen molar-refractivity contribution in [2.24, 2.45) is 0 Å². The number of fused-ring (bicyclic) bond motifs is 1. The lowest BCUT2D eigenvalue weighted by Gasteiger charge is -2.11. The maximum absolute atomic E-state index is 11.9. The van der Waals surface area contributed by atoms with E-state index in [2.05, 4.69) is 10.4 Å². The van der Waals surface area contributed by atoms with Crippen LogP contribution in [0.4, 0.5) is 11.4 Å². The van der Waals surface area contributed by atoms with Crippen molar-refractivity contribution in [3.63, 3.8) is 0 Å². The standard InChI is InChI=1S/C14H13ClN4O2/c1-18-12-3-2-11(4-9(12)5-14(18)21)17-13(20)8-19-7-10(15)6-16-19/h2-4,6-7H,5,8H2,1H3,(H,17,20). The fraction of sp³-hybridized carbons (Fsp3) is 0.214. The molecule has 3 rings (SSSR count). The summed E-state index contributed by atoms with van der Waals surface area (Å²) < 4.78 is 1.46. The molecule has 0 aliphatic carbocycles. The number of anilines is 2. The highest BCUT2D eigenvalue weighted by atomic mass is 35.5. The van der Waals surface area contributed by atoms with Crippen LogP contribution in [0, 0.1) is 0 Å². The zero-order valence-corrected chi connectivity index (χ0v) is 12.1. The Labute approximate surface area is 126 Å². The Morgan fingerprint density at radius 1 is 1.48 bits per heavy atom. The van der Waals surface area contributed by atoms with Crippen LogP contribution in [0.3, 0.4) is 0 Å². The summed E-state index contributed by atoms with van der Waals surface area (Å²) in [4.78, 5) is 25.2. The number of hydrogen-bond donors (Lipinski definition) is 1. The van der Waals surface area contributed by atoms with Crippen LogP contribution in [0.5, 0.6) is 0 Å². The van der Waals surface area contributed by atoms with Gasteiger partial charge >= 0.3 is 0 Å². The largest absolute Gasteiger partial charge is 0.324 e. The van der Waals surface area contributed by atoms with Gasteiger partial charge in [-0.2, -0.15) is 5.10 Å². The Morgan fingerprint density at radius 3 is 3.00 bits per heavy atom. The van der Waals surface area contributed by atoms with Crippen LogP contribution in [0.1, 0.15) is 5.56 Å². The molecule has 0 atom stereocenters. The maximum atomic E-state index is 11.9. The Hall–Kier alpha value is -2.34. The van der Waals surface area contributed by atoms with Crippen LogP contribution in [0.2, 0.25) is 5.02 Å². The molecule has 21 heavy (non-hydrogen) atoms. The Balaban J connectivity index is 1.70. The summed E-state index contributed by atoms with van der Waals surface area (Å²) in [5, 5.41) is 7.22. The average molecular weight is 305 g/mol. The number of nitrogens with one attached hydrogen (secondary N) is 1. The third kappa shape index (κ3) is 2.75. The highest BCUT2D eigenvalue weighted by molar-refractivity contribution is 6.30. The fourth-order valence-electron chi connectivity index (χ4n) is 2.32. The van der Waals surface area contributed by atoms with Gasteiger partial charge in [0.1, 0.15) is 6.54 Å². The van der Waals surface area contributed by atoms with Gasteiger partial charge in [0, 0.05) is 24.6 Å². The molecule has 0 unspecified atom stereocenters. The number of carbonyl (C=O) groups is 2. The third-order valence-electron chi connectivity index (χ3n) is 3.35. The van der Waals surface area contributed by atoms with Crippen LogP contribution >= 0.6 is 11.6 Å². The molecule has 1 aromatic heterocycles. The van der Waals surface area contributed by atoms with Crippen molar-refractivity contribution >= 4 is 34.8 Å². The first-order chi connectivity index (χ1) is 10.0. The summed E-state index contributed by atoms with van der Waals surface area (Å²) >= 11 is 5.74. The second-order valence-corrected chi connectivity index (χ2v) is 5.31. The van der Waals surface area contributed by atoms with Crippen molar-refractivity contribution in [1.82, 2.24) is 9.78 Å². The molecule has 0 radical (unpaired) electrons. The molecule has 2 heterocycles. The minimum Gasteiger partial charge on any atom is -0.324 e. The fourth-order valence-corrected chi connectivity index (χ4v) is 2.48. The van der Waals surface area contributed by atoms with E-state index in [4.69, 9.17) is 11.6 Å². The number of hydrogen-bond acceptors (Lipinski definition) is 3. The number of likely N-dealkylation sites (N-methyl/N-ethyl adjacent to an activating group) is 1. The number of halogens is 1. The predicted octanol–water partition coefficient (Wildman–Crippen LogP) is 1.69. The number of nitrogens with zero attached hydrogens (tertiary/aromatic N) is 3. The highest BCUT2D eigenvalue weighted by Crippen LogP contribution is 2.29. The summed E-state index contributed by atoms with van der Waals surface area (Å²) in [5.74, 6) is -0.146. The van der Waals surface area contributed by atoms with Crippen molar-refractivity contribution in [2.75, 3.05) is 17.3 Å². The Bertz CT molecular complexity index is 726. The highest BCUT2D eigenvalue weighted by Gasteiger charge is 2.24. The van der Waals surface area contributed by atoms with Crippen molar-refractivity contribution in [3.05, 3.63) is 41.2 Å². The summed E-state index contributed by atoms with van der Waals surface area (Å²) in [6, 6.07) is 5.44. The molecule has 2 aromatic rings. The molecule has 0 saturated carbocycles. The van der Waals surface area contributed by atoms with Gasteiger partial charge in [-0.05, 0) is 23.8 Å². The molecule has 7 heteroatoms. The molecule has 0 spiro atoms. The normalized spacial score (nSPS) is 13.4. The first-order valence-electron chi connectivity index (χ1n) is 6.40. The molecule has 0 saturated heterocycles. The molecular formula is C14H13ClN4O2. The van der Waals surface area contributed by atoms with Gasteiger partial charge in [-0.25, -0.2) is 0 Å². The van der Waals surface area contributed by atoms with Gasteiger partial charge in [0.2, 0.25) is 11.8 Å². The molecule has 1 aromatic carbocycles. The lowest BCUT2D eigenvalue weighted by molar-refractivity contribution is -0.117. The van der Waals surface area contributed by atoms with E-state index in [9.17, 15) is 9.59 Å². The van der Waals surface area contributed by atoms with Crippen LogP contribution < -0.4 is 10.2 Å². The topological polar surface area (TPSA) is 67.2 Å². The summed E-state index contributed by atoms with van der Waals surface area (Å²) in [6.07, 6.45) is 3.42. The van der Waals surface area contributed by atoms with Gasteiger partial charge in [-0.3, -0.25) is 14.3 Å². The van der Waals surface area contributed by atoms with Crippen LogP contribution in [0.15, 0.2) is 30.6 Å². The number of amides is 2. The van der Waals surface area contributed by atoms with E-state index < -0.39 is 0 Å². The zero-order chi connectivity index (χ0) is 15.0. The van der Waals surface area contributed by atoms with Gasteiger partial charge in [0.25, 0.3) is 0 Å². The van der Waals surface area contributed by atoms with Crippen molar-refractivity contribution < 1.29 is 9.59 Å². The van der Waals surface area contributed by atoms with Crippen molar-refractivity contribution in [1.29, 1.82) is 0 Å². The molecule has 1 aliphatic heterocycles. The van der Waals surface area contributed by atoms with E-state index in [1.54, 1.807) is 24.2 Å². The molecule has 6 nitrogen and oxygen atoms in total. The second kappa shape index (κ2) is 5.21. The van der Waals surface area contributed by atoms with E-state index in [-0.39, 0.29) is 18.4 Å². The van der Waals surface area contributed by atoms with Crippen LogP contribution in [0.25, 0.3) is 0 Å². The van der Waals surface area contributed by atoms with Gasteiger partial charge in [0.05, 0.1) is 17.6 Å². The van der Waals surface area contributed by atoms with Gasteiger partial charge < -0.3 is 10.2 Å². The second-order valence-electron chi connectivity index (χ2n) is 4.88. The minimum atomic E-state index is -0.201. The number of rotatable bonds is 3. The molecular weight excluding hydrogens is 292 g/mol. The van der Waals surface area contributed by atoms with Gasteiger partial charge in [-0.15, -0.1) is 0 Å². The first kappa shape index (κ1) is 13.6. The predicted molar refractivity (Wildman–Crippen MR) is 79.4 cm³/mol. The molecule has 1 N–H and O–H groups in total. The zero-order valence-electron chi connectivity index (χ0n) is 11.3. The molecule has 1 aliphatic rings. The summed E-state index contributed by atoms with van der Waals surface area (Å²) in [7, 11) is 1.74. The lowest BCUT2D eigenvalue weighted by Crippen LogP contribution is -2.20. The Kier molecular flexibility index (Phi) is 3.39. The van der Waals surface area contributed by atoms with Crippen LogP contribution in [-0.4, -0.2) is 28.6 Å². The molecule has 0 fully saturated rings. The summed E-state index contributed by atoms with van der Waals surface area (Å²) in [5.41, 5.74) is 2.47. The lowest BCUT2D eigenvalue weighted by atomic mass is 10.1. The molecule has 2 amide bonds. The minimum absolute atomic E-state index is 0.0552. The van der Waals surface area contributed by atoms with E-state index in [0.29, 0.717) is 17.1 Å². The number of carbonyl (C=O) groups excluding carboxylic acids is 2. The smallest absolute Gasteiger partial charge is 0.246 e. The monoisotopic (exact) mass is 304 g/mol. The number of aromatic nitrogens is 2. The number of benzene rings is 1. The van der Waals surface area contributed by atoms with Crippen LogP contribution in [-0.2, 0) is 22.6 Å². The van der Waals surface area contributed by atoms with Gasteiger partial charge in [0.15, 0.2) is 0 Å². The Morgan fingerprint density at radius 2 is 2.29 bits per heavy atom. The molecule has 108 valence electrons. The van der Waals surface area contributed by atoms with Crippen molar-refractivity contribution in [2.45, 2.75) is 13.0 Å². The maximum Gasteiger partial charge on any atom is 0.246 e. The average Bonchev–Trinajstić information content (AvgIpc) is 2.94. The quantitative estimate of drug-likeness (QED) is 0.938. The first-order valence-corrected chi connectivity index (χ1v) is 6.78. The SMILES string of the molecule is CN1C(=O)Cc2cc(NC(=O)Cn3cc(Cl)cn3)ccc21. The van der Waals surface area contributed by atoms with Gasteiger partial charge in [-0.1, -0.05) is 11.6 Å². The third-order valence-corrected chi connectivity index (χ3v) is 3.54. The molecule has 0 bridgehead atoms. The summed E-state index contributed by atoms with van der Waals surface area (Å²) in [6.45, 7) is 0.0860. The van der Waals surface area contributed by atoms with E-state index in [0.717, 1.165) is 11.3 Å². The van der Waals surface area contributed by atoms with E-state index in [1.165, 1.54) is 10.9 Å². The van der Waals surface area contributed by atoms with E-state index >= 15 is 0 Å². The van der Waals surface area contributed by atoms with E-state index in [1.807, 2.05) is 12.1 Å². The van der Waals surface area contributed by atoms with Crippen molar-refractivity contribution in [3.8, 4) is 0 Å².